The van der Waals surface area contributed by atoms with Crippen LogP contribution in [0.15, 0.2) is 0 Å². The van der Waals surface area contributed by atoms with Crippen LogP contribution in [0.1, 0.15) is 57.8 Å². The Morgan fingerprint density at radius 2 is 1.68 bits per heavy atom. The molecule has 0 saturated heterocycles. The Labute approximate surface area is 114 Å². The van der Waals surface area contributed by atoms with Crippen molar-refractivity contribution in [3.8, 4) is 0 Å². The zero-order valence-electron chi connectivity index (χ0n) is 11.4. The smallest absolute Gasteiger partial charge is 0.315 e. The second kappa shape index (κ2) is 6.26. The van der Waals surface area contributed by atoms with E-state index in [1.54, 1.807) is 0 Å². The number of carboxylic acids is 1. The van der Waals surface area contributed by atoms with E-state index in [1.165, 1.54) is 19.3 Å². The molecule has 2 amide bonds. The summed E-state index contributed by atoms with van der Waals surface area (Å²) in [6.45, 7) is 0.251. The molecule has 0 heterocycles. The number of aliphatic carboxylic acids is 1. The highest BCUT2D eigenvalue weighted by molar-refractivity contribution is 5.78. The first-order chi connectivity index (χ1) is 9.12. The van der Waals surface area contributed by atoms with Gasteiger partial charge in [0.25, 0.3) is 0 Å². The Kier molecular flexibility index (Phi) is 4.66. The van der Waals surface area contributed by atoms with Gasteiger partial charge in [0.1, 0.15) is 0 Å². The van der Waals surface area contributed by atoms with Gasteiger partial charge in [-0.1, -0.05) is 32.1 Å². The molecule has 0 aromatic carbocycles. The highest BCUT2D eigenvalue weighted by Crippen LogP contribution is 2.37. The van der Waals surface area contributed by atoms with E-state index in [2.05, 4.69) is 10.6 Å². The van der Waals surface area contributed by atoms with E-state index in [-0.39, 0.29) is 18.6 Å². The SMILES string of the molecule is O=C(NCC1(C(=O)O)CCCC1)NC1CCCCC1. The number of hydrogen-bond donors (Lipinski definition) is 3. The summed E-state index contributed by atoms with van der Waals surface area (Å²) in [7, 11) is 0. The van der Waals surface area contributed by atoms with Crippen molar-refractivity contribution in [2.24, 2.45) is 5.41 Å². The summed E-state index contributed by atoms with van der Waals surface area (Å²) in [6.07, 6.45) is 8.90. The molecule has 0 spiro atoms. The number of carbonyl (C=O) groups is 2. The standard InChI is InChI=1S/C14H24N2O3/c17-12(18)14(8-4-5-9-14)10-15-13(19)16-11-6-2-1-3-7-11/h11H,1-10H2,(H,17,18)(H2,15,16,19). The number of carbonyl (C=O) groups excluding carboxylic acids is 1. The van der Waals surface area contributed by atoms with E-state index in [0.717, 1.165) is 25.7 Å². The van der Waals surface area contributed by atoms with Crippen molar-refractivity contribution in [2.75, 3.05) is 6.54 Å². The lowest BCUT2D eigenvalue weighted by Gasteiger charge is -2.26. The fraction of sp³-hybridized carbons (Fsp3) is 0.857. The van der Waals surface area contributed by atoms with Gasteiger partial charge in [0.15, 0.2) is 0 Å². The van der Waals surface area contributed by atoms with Crippen LogP contribution in [0.25, 0.3) is 0 Å². The molecule has 5 nitrogen and oxygen atoms in total. The Bertz CT molecular complexity index is 332. The molecule has 0 radical (unpaired) electrons. The Morgan fingerprint density at radius 3 is 2.26 bits per heavy atom. The number of urea groups is 1. The summed E-state index contributed by atoms with van der Waals surface area (Å²) in [4.78, 5) is 23.2. The first-order valence-corrected chi connectivity index (χ1v) is 7.40. The first kappa shape index (κ1) is 14.2. The maximum atomic E-state index is 11.8. The first-order valence-electron chi connectivity index (χ1n) is 7.40. The van der Waals surface area contributed by atoms with Gasteiger partial charge in [0, 0.05) is 12.6 Å². The normalized spacial score (nSPS) is 22.9. The monoisotopic (exact) mass is 268 g/mol. The minimum Gasteiger partial charge on any atom is -0.481 e. The molecule has 0 aliphatic heterocycles. The zero-order chi connectivity index (χ0) is 13.7. The Morgan fingerprint density at radius 1 is 1.05 bits per heavy atom. The maximum absolute atomic E-state index is 11.8. The van der Waals surface area contributed by atoms with Crippen molar-refractivity contribution in [3.63, 3.8) is 0 Å². The fourth-order valence-electron chi connectivity index (χ4n) is 3.25. The van der Waals surface area contributed by atoms with Crippen LogP contribution < -0.4 is 10.6 Å². The maximum Gasteiger partial charge on any atom is 0.315 e. The van der Waals surface area contributed by atoms with Crippen LogP contribution in [-0.2, 0) is 4.79 Å². The lowest BCUT2D eigenvalue weighted by Crippen LogP contribution is -2.48. The third kappa shape index (κ3) is 3.61. The Hall–Kier alpha value is -1.26. The average Bonchev–Trinajstić information content (AvgIpc) is 2.88. The predicted molar refractivity (Wildman–Crippen MR) is 71.9 cm³/mol. The second-order valence-electron chi connectivity index (χ2n) is 5.95. The number of hydrogen-bond acceptors (Lipinski definition) is 2. The summed E-state index contributed by atoms with van der Waals surface area (Å²) in [5, 5.41) is 15.0. The minimum absolute atomic E-state index is 0.209. The molecule has 0 aromatic heterocycles. The topological polar surface area (TPSA) is 78.4 Å². The average molecular weight is 268 g/mol. The fourth-order valence-corrected chi connectivity index (χ4v) is 3.25. The lowest BCUT2D eigenvalue weighted by atomic mass is 9.86. The molecule has 3 N–H and O–H groups in total. The predicted octanol–water partition coefficient (Wildman–Crippen LogP) is 2.26. The van der Waals surface area contributed by atoms with E-state index >= 15 is 0 Å². The third-order valence-electron chi connectivity index (χ3n) is 4.54. The van der Waals surface area contributed by atoms with E-state index in [4.69, 9.17) is 0 Å². The number of nitrogens with one attached hydrogen (secondary N) is 2. The molecule has 108 valence electrons. The third-order valence-corrected chi connectivity index (χ3v) is 4.54. The van der Waals surface area contributed by atoms with Crippen LogP contribution in [0.2, 0.25) is 0 Å². The van der Waals surface area contributed by atoms with Gasteiger partial charge in [0.2, 0.25) is 0 Å². The van der Waals surface area contributed by atoms with Crippen molar-refractivity contribution >= 4 is 12.0 Å². The summed E-state index contributed by atoms with van der Waals surface area (Å²) in [5.41, 5.74) is -0.732. The number of rotatable bonds is 4. The molecule has 2 aliphatic carbocycles. The molecular weight excluding hydrogens is 244 g/mol. The van der Waals surface area contributed by atoms with Crippen LogP contribution in [0.3, 0.4) is 0 Å². The molecule has 19 heavy (non-hydrogen) atoms. The van der Waals surface area contributed by atoms with Gasteiger partial charge < -0.3 is 15.7 Å². The molecule has 2 rings (SSSR count). The summed E-state index contributed by atoms with van der Waals surface area (Å²) in [5.74, 6) is -0.775. The van der Waals surface area contributed by atoms with E-state index in [9.17, 15) is 14.7 Å². The van der Waals surface area contributed by atoms with Crippen molar-refractivity contribution in [1.82, 2.24) is 10.6 Å². The van der Waals surface area contributed by atoms with Gasteiger partial charge in [-0.2, -0.15) is 0 Å². The number of amides is 2. The Balaban J connectivity index is 1.77. The molecule has 5 heteroatoms. The van der Waals surface area contributed by atoms with Crippen molar-refractivity contribution < 1.29 is 14.7 Å². The van der Waals surface area contributed by atoms with Gasteiger partial charge in [-0.05, 0) is 25.7 Å². The van der Waals surface area contributed by atoms with E-state index < -0.39 is 11.4 Å². The molecule has 0 unspecified atom stereocenters. The van der Waals surface area contributed by atoms with Crippen LogP contribution >= 0.6 is 0 Å². The van der Waals surface area contributed by atoms with Gasteiger partial charge >= 0.3 is 12.0 Å². The van der Waals surface area contributed by atoms with Crippen LogP contribution in [0.4, 0.5) is 4.79 Å². The molecule has 2 aliphatic rings. The van der Waals surface area contributed by atoms with Gasteiger partial charge in [-0.15, -0.1) is 0 Å². The quantitative estimate of drug-likeness (QED) is 0.731. The summed E-state index contributed by atoms with van der Waals surface area (Å²) in [6, 6.07) is 0.0533. The molecule has 2 saturated carbocycles. The van der Waals surface area contributed by atoms with Crippen LogP contribution in [-0.4, -0.2) is 29.7 Å². The van der Waals surface area contributed by atoms with Gasteiger partial charge in [0.05, 0.1) is 5.41 Å². The van der Waals surface area contributed by atoms with Crippen LogP contribution in [0, 0.1) is 5.41 Å². The summed E-state index contributed by atoms with van der Waals surface area (Å²) < 4.78 is 0. The molecule has 2 fully saturated rings. The lowest BCUT2D eigenvalue weighted by molar-refractivity contribution is -0.148. The molecule has 0 bridgehead atoms. The molecule has 0 atom stereocenters. The highest BCUT2D eigenvalue weighted by Gasteiger charge is 2.41. The van der Waals surface area contributed by atoms with Crippen LogP contribution in [0.5, 0.6) is 0 Å². The summed E-state index contributed by atoms with van der Waals surface area (Å²) >= 11 is 0. The second-order valence-corrected chi connectivity index (χ2v) is 5.95. The number of carboxylic acid groups (broad SMARTS) is 1. The highest BCUT2D eigenvalue weighted by atomic mass is 16.4. The van der Waals surface area contributed by atoms with Gasteiger partial charge in [-0.3, -0.25) is 4.79 Å². The zero-order valence-corrected chi connectivity index (χ0v) is 11.4. The largest absolute Gasteiger partial charge is 0.481 e. The van der Waals surface area contributed by atoms with E-state index in [1.807, 2.05) is 0 Å². The van der Waals surface area contributed by atoms with Gasteiger partial charge in [-0.25, -0.2) is 4.79 Å². The van der Waals surface area contributed by atoms with E-state index in [0.29, 0.717) is 12.8 Å². The minimum atomic E-state index is -0.775. The molecule has 0 aromatic rings. The van der Waals surface area contributed by atoms with Crippen molar-refractivity contribution in [1.29, 1.82) is 0 Å². The molecular formula is C14H24N2O3. The van der Waals surface area contributed by atoms with Crippen molar-refractivity contribution in [3.05, 3.63) is 0 Å². The van der Waals surface area contributed by atoms with Crippen molar-refractivity contribution in [2.45, 2.75) is 63.8 Å².